The van der Waals surface area contributed by atoms with Crippen molar-refractivity contribution in [2.24, 2.45) is 0 Å². The molecule has 0 aromatic carbocycles. The molecule has 0 bridgehead atoms. The van der Waals surface area contributed by atoms with E-state index in [0.717, 1.165) is 32.1 Å². The van der Waals surface area contributed by atoms with E-state index in [1.165, 1.54) is 167 Å². The molecule has 0 aromatic heterocycles. The molecule has 0 rings (SSSR count). The van der Waals surface area contributed by atoms with Gasteiger partial charge < -0.3 is 18.9 Å². The van der Waals surface area contributed by atoms with Gasteiger partial charge in [-0.3, -0.25) is 13.8 Å². The predicted octanol–water partition coefficient (Wildman–Crippen LogP) is 13.3. The zero-order valence-electron chi connectivity index (χ0n) is 36.0. The Kier molecular flexibility index (Phi) is 38.0. The number of unbranched alkanes of at least 4 members (excludes halogenated alkanes) is 29. The van der Waals surface area contributed by atoms with E-state index >= 15 is 0 Å². The SMILES string of the molecule is CCCCCCCCCCCCCCCCCCCCCCOCC(COP(=O)(O)OCC[N+](C)(C)C)OC(=O)CCCCCCCCCCCCC. The third kappa shape index (κ3) is 42.5. The Morgan fingerprint density at radius 1 is 0.509 bits per heavy atom. The molecule has 2 atom stereocenters. The van der Waals surface area contributed by atoms with Crippen LogP contribution < -0.4 is 0 Å². The number of ether oxygens (including phenoxy) is 2. The lowest BCUT2D eigenvalue weighted by Gasteiger charge is -2.24. The second-order valence-corrected chi connectivity index (χ2v) is 18.3. The number of nitrogens with zero attached hydrogens (tertiary/aromatic N) is 1. The molecule has 0 spiro atoms. The first-order valence-electron chi connectivity index (χ1n) is 22.8. The van der Waals surface area contributed by atoms with Crippen LogP contribution >= 0.6 is 7.82 Å². The fraction of sp³-hybridized carbons (Fsp3) is 0.977. The van der Waals surface area contributed by atoms with Crippen LogP contribution in [0, 0.1) is 0 Å². The highest BCUT2D eigenvalue weighted by Crippen LogP contribution is 2.43. The van der Waals surface area contributed by atoms with E-state index in [1.807, 2.05) is 21.1 Å². The van der Waals surface area contributed by atoms with Crippen molar-refractivity contribution in [1.29, 1.82) is 0 Å². The lowest BCUT2D eigenvalue weighted by Crippen LogP contribution is -2.37. The lowest BCUT2D eigenvalue weighted by molar-refractivity contribution is -0.870. The van der Waals surface area contributed by atoms with Gasteiger partial charge in [-0.15, -0.1) is 0 Å². The number of carbonyl (C=O) groups is 1. The topological polar surface area (TPSA) is 91.3 Å². The van der Waals surface area contributed by atoms with Gasteiger partial charge in [0.1, 0.15) is 19.3 Å². The Hall–Kier alpha value is -0.500. The van der Waals surface area contributed by atoms with Crippen molar-refractivity contribution in [2.75, 3.05) is 54.1 Å². The summed E-state index contributed by atoms with van der Waals surface area (Å²) in [6.45, 7) is 5.67. The smallest absolute Gasteiger partial charge is 0.457 e. The zero-order valence-corrected chi connectivity index (χ0v) is 36.9. The predicted molar refractivity (Wildman–Crippen MR) is 224 cm³/mol. The average Bonchev–Trinajstić information content (AvgIpc) is 3.11. The Labute approximate surface area is 329 Å². The normalized spacial score (nSPS) is 13.7. The van der Waals surface area contributed by atoms with Gasteiger partial charge in [0.15, 0.2) is 0 Å². The van der Waals surface area contributed by atoms with E-state index < -0.39 is 13.9 Å². The second kappa shape index (κ2) is 38.4. The zero-order chi connectivity index (χ0) is 39.1. The minimum absolute atomic E-state index is 0.0938. The molecule has 0 amide bonds. The summed E-state index contributed by atoms with van der Waals surface area (Å²) in [5.41, 5.74) is 0. The van der Waals surface area contributed by atoms with Crippen molar-refractivity contribution in [3.63, 3.8) is 0 Å². The lowest BCUT2D eigenvalue weighted by atomic mass is 10.0. The molecule has 0 aliphatic carbocycles. The third-order valence-electron chi connectivity index (χ3n) is 10.2. The van der Waals surface area contributed by atoms with Crippen molar-refractivity contribution in [1.82, 2.24) is 0 Å². The number of quaternary nitrogens is 1. The Morgan fingerprint density at radius 3 is 1.25 bits per heavy atom. The van der Waals surface area contributed by atoms with Crippen LogP contribution in [0.15, 0.2) is 0 Å². The van der Waals surface area contributed by atoms with Crippen LogP contribution in [0.3, 0.4) is 0 Å². The van der Waals surface area contributed by atoms with Crippen molar-refractivity contribution in [3.8, 4) is 0 Å². The molecule has 0 fully saturated rings. The van der Waals surface area contributed by atoms with Gasteiger partial charge >= 0.3 is 13.8 Å². The van der Waals surface area contributed by atoms with E-state index in [4.69, 9.17) is 18.5 Å². The maximum absolute atomic E-state index is 12.6. The van der Waals surface area contributed by atoms with Gasteiger partial charge in [0.2, 0.25) is 0 Å². The molecule has 53 heavy (non-hydrogen) atoms. The van der Waals surface area contributed by atoms with Crippen LogP contribution in [-0.4, -0.2) is 75.6 Å². The Morgan fingerprint density at radius 2 is 0.868 bits per heavy atom. The average molecular weight is 777 g/mol. The summed E-state index contributed by atoms with van der Waals surface area (Å²) in [7, 11) is 1.68. The van der Waals surface area contributed by atoms with Crippen LogP contribution in [0.5, 0.6) is 0 Å². The summed E-state index contributed by atoms with van der Waals surface area (Å²) < 4.78 is 35.0. The number of hydrogen-bond donors (Lipinski definition) is 1. The summed E-state index contributed by atoms with van der Waals surface area (Å²) in [6, 6.07) is 0. The first kappa shape index (κ1) is 52.5. The molecule has 318 valence electrons. The summed E-state index contributed by atoms with van der Waals surface area (Å²) in [5.74, 6) is -0.310. The van der Waals surface area contributed by atoms with Gasteiger partial charge in [0, 0.05) is 13.0 Å². The first-order chi connectivity index (χ1) is 25.6. The van der Waals surface area contributed by atoms with Crippen molar-refractivity contribution in [2.45, 2.75) is 225 Å². The van der Waals surface area contributed by atoms with Crippen molar-refractivity contribution >= 4 is 13.8 Å². The van der Waals surface area contributed by atoms with E-state index in [2.05, 4.69) is 13.8 Å². The van der Waals surface area contributed by atoms with E-state index in [0.29, 0.717) is 24.1 Å². The fourth-order valence-corrected chi connectivity index (χ4v) is 7.35. The summed E-state index contributed by atoms with van der Waals surface area (Å²) >= 11 is 0. The molecule has 0 aliphatic heterocycles. The number of hydrogen-bond acceptors (Lipinski definition) is 6. The fourth-order valence-electron chi connectivity index (χ4n) is 6.61. The molecule has 0 saturated heterocycles. The van der Waals surface area contributed by atoms with Gasteiger partial charge in [-0.2, -0.15) is 0 Å². The monoisotopic (exact) mass is 777 g/mol. The van der Waals surface area contributed by atoms with Gasteiger partial charge in [0.05, 0.1) is 34.4 Å². The van der Waals surface area contributed by atoms with Crippen LogP contribution in [-0.2, 0) is 27.9 Å². The van der Waals surface area contributed by atoms with Crippen LogP contribution in [0.1, 0.15) is 219 Å². The molecule has 1 N–H and O–H groups in total. The highest BCUT2D eigenvalue weighted by molar-refractivity contribution is 7.47. The molecule has 0 heterocycles. The van der Waals surface area contributed by atoms with Crippen LogP contribution in [0.2, 0.25) is 0 Å². The summed E-state index contributed by atoms with van der Waals surface area (Å²) in [4.78, 5) is 22.8. The van der Waals surface area contributed by atoms with E-state index in [-0.39, 0.29) is 25.8 Å². The number of rotatable bonds is 43. The van der Waals surface area contributed by atoms with E-state index in [1.54, 1.807) is 0 Å². The highest BCUT2D eigenvalue weighted by Gasteiger charge is 2.26. The van der Waals surface area contributed by atoms with Gasteiger partial charge in [-0.25, -0.2) is 4.57 Å². The van der Waals surface area contributed by atoms with Crippen LogP contribution in [0.4, 0.5) is 0 Å². The summed E-state index contributed by atoms with van der Waals surface area (Å²) in [5, 5.41) is 0. The second-order valence-electron chi connectivity index (χ2n) is 16.8. The number of carbonyl (C=O) groups excluding carboxylic acids is 1. The molecule has 9 heteroatoms. The molecular weight excluding hydrogens is 685 g/mol. The van der Waals surface area contributed by atoms with Crippen molar-refractivity contribution < 1.29 is 37.3 Å². The number of phosphoric ester groups is 1. The molecule has 0 saturated carbocycles. The molecule has 0 aliphatic rings. The minimum atomic E-state index is -4.26. The Balaban J connectivity index is 4.09. The molecule has 0 aromatic rings. The highest BCUT2D eigenvalue weighted by atomic mass is 31.2. The van der Waals surface area contributed by atoms with Gasteiger partial charge in [0.25, 0.3) is 0 Å². The number of phosphoric acid groups is 1. The quantitative estimate of drug-likeness (QED) is 0.0285. The molecule has 0 radical (unpaired) electrons. The number of likely N-dealkylation sites (N-methyl/N-ethyl adjacent to an activating group) is 1. The maximum Gasteiger partial charge on any atom is 0.472 e. The first-order valence-corrected chi connectivity index (χ1v) is 24.3. The summed E-state index contributed by atoms with van der Waals surface area (Å²) in [6.07, 6.45) is 39.9. The number of esters is 1. The molecule has 8 nitrogen and oxygen atoms in total. The third-order valence-corrected chi connectivity index (χ3v) is 11.2. The van der Waals surface area contributed by atoms with Gasteiger partial charge in [-0.05, 0) is 12.8 Å². The van der Waals surface area contributed by atoms with Gasteiger partial charge in [-0.1, -0.05) is 200 Å². The van der Waals surface area contributed by atoms with E-state index in [9.17, 15) is 14.3 Å². The standard InChI is InChI=1S/C44H90NO7P/c1-6-8-10-12-14-16-18-19-20-21-22-23-24-25-26-28-30-32-34-36-39-49-41-43(42-51-53(47,48)50-40-38-45(3,4)5)52-44(46)37-35-33-31-29-27-17-15-13-11-9-7-2/h43H,6-42H2,1-5H3/p+1. The maximum atomic E-state index is 12.6. The van der Waals surface area contributed by atoms with Crippen molar-refractivity contribution in [3.05, 3.63) is 0 Å². The van der Waals surface area contributed by atoms with Crippen LogP contribution in [0.25, 0.3) is 0 Å². The largest absolute Gasteiger partial charge is 0.472 e. The molecule has 2 unspecified atom stereocenters. The Bertz CT molecular complexity index is 822. The minimum Gasteiger partial charge on any atom is -0.457 e. The molecular formula is C44H91NO7P+.